The van der Waals surface area contributed by atoms with E-state index in [0.717, 1.165) is 45.8 Å². The van der Waals surface area contributed by atoms with Gasteiger partial charge in [0.1, 0.15) is 0 Å². The molecule has 0 aromatic carbocycles. The number of hydrogen-bond donors (Lipinski definition) is 1. The Morgan fingerprint density at radius 1 is 1.00 bits per heavy atom. The molecule has 0 aliphatic carbocycles. The van der Waals surface area contributed by atoms with Crippen molar-refractivity contribution in [1.29, 1.82) is 0 Å². The minimum atomic E-state index is 0.371. The van der Waals surface area contributed by atoms with Crippen LogP contribution in [0.5, 0.6) is 0 Å². The van der Waals surface area contributed by atoms with Crippen molar-refractivity contribution in [2.24, 2.45) is 5.41 Å². The number of rotatable bonds is 13. The van der Waals surface area contributed by atoms with Gasteiger partial charge in [-0.3, -0.25) is 0 Å². The fourth-order valence-corrected chi connectivity index (χ4v) is 2.55. The highest BCUT2D eigenvalue weighted by Crippen LogP contribution is 2.26. The van der Waals surface area contributed by atoms with Gasteiger partial charge in [-0.15, -0.1) is 0 Å². The smallest absolute Gasteiger partial charge is 0.0589 e. The monoisotopic (exact) mass is 274 g/mol. The maximum atomic E-state index is 5.23. The standard InChI is InChI=1S/C15H34N2O2/c1-6-15(7-2,13-16-3)14-17(10-12-19-5)9-8-11-18-4/h16H,6-14H2,1-5H3. The van der Waals surface area contributed by atoms with Gasteiger partial charge in [0.2, 0.25) is 0 Å². The van der Waals surface area contributed by atoms with Gasteiger partial charge in [0, 0.05) is 47.0 Å². The van der Waals surface area contributed by atoms with Gasteiger partial charge in [0.05, 0.1) is 6.61 Å². The van der Waals surface area contributed by atoms with Crippen LogP contribution in [0.4, 0.5) is 0 Å². The first kappa shape index (κ1) is 18.8. The molecular formula is C15H34N2O2. The predicted octanol–water partition coefficient (Wildman–Crippen LogP) is 2.00. The number of nitrogens with zero attached hydrogens (tertiary/aromatic N) is 1. The fourth-order valence-electron chi connectivity index (χ4n) is 2.55. The van der Waals surface area contributed by atoms with E-state index in [9.17, 15) is 0 Å². The normalized spacial score (nSPS) is 12.3. The van der Waals surface area contributed by atoms with E-state index in [1.807, 2.05) is 7.05 Å². The molecule has 0 unspecified atom stereocenters. The molecule has 0 aliphatic rings. The third kappa shape index (κ3) is 7.88. The molecule has 0 amide bonds. The van der Waals surface area contributed by atoms with Gasteiger partial charge in [0.15, 0.2) is 0 Å². The van der Waals surface area contributed by atoms with Crippen LogP contribution in [0.2, 0.25) is 0 Å². The molecule has 116 valence electrons. The summed E-state index contributed by atoms with van der Waals surface area (Å²) in [5.74, 6) is 0. The molecule has 0 radical (unpaired) electrons. The van der Waals surface area contributed by atoms with Gasteiger partial charge in [-0.1, -0.05) is 13.8 Å². The lowest BCUT2D eigenvalue weighted by Gasteiger charge is -2.37. The zero-order valence-electron chi connectivity index (χ0n) is 13.6. The van der Waals surface area contributed by atoms with Crippen molar-refractivity contribution < 1.29 is 9.47 Å². The molecule has 4 nitrogen and oxygen atoms in total. The van der Waals surface area contributed by atoms with E-state index in [1.54, 1.807) is 14.2 Å². The maximum absolute atomic E-state index is 5.23. The lowest BCUT2D eigenvalue weighted by Crippen LogP contribution is -2.44. The molecule has 0 saturated heterocycles. The van der Waals surface area contributed by atoms with Crippen molar-refractivity contribution in [3.05, 3.63) is 0 Å². The second-order valence-electron chi connectivity index (χ2n) is 5.35. The second-order valence-corrected chi connectivity index (χ2v) is 5.35. The lowest BCUT2D eigenvalue weighted by molar-refractivity contribution is 0.0895. The Hall–Kier alpha value is -0.160. The van der Waals surface area contributed by atoms with Crippen LogP contribution < -0.4 is 5.32 Å². The first-order valence-corrected chi connectivity index (χ1v) is 7.52. The number of ether oxygens (including phenoxy) is 2. The van der Waals surface area contributed by atoms with Gasteiger partial charge >= 0.3 is 0 Å². The van der Waals surface area contributed by atoms with E-state index in [2.05, 4.69) is 24.1 Å². The summed E-state index contributed by atoms with van der Waals surface area (Å²) in [6.07, 6.45) is 3.50. The van der Waals surface area contributed by atoms with E-state index in [4.69, 9.17) is 9.47 Å². The molecule has 0 heterocycles. The molecule has 1 N–H and O–H groups in total. The van der Waals surface area contributed by atoms with Gasteiger partial charge < -0.3 is 19.7 Å². The average molecular weight is 274 g/mol. The van der Waals surface area contributed by atoms with Crippen LogP contribution in [0.15, 0.2) is 0 Å². The molecule has 0 bridgehead atoms. The Labute approximate surface area is 119 Å². The summed E-state index contributed by atoms with van der Waals surface area (Å²) < 4.78 is 10.4. The summed E-state index contributed by atoms with van der Waals surface area (Å²) in [7, 11) is 5.58. The number of hydrogen-bond acceptors (Lipinski definition) is 4. The van der Waals surface area contributed by atoms with Gasteiger partial charge in [-0.25, -0.2) is 0 Å². The van der Waals surface area contributed by atoms with Crippen LogP contribution >= 0.6 is 0 Å². The molecule has 0 saturated carbocycles. The molecular weight excluding hydrogens is 240 g/mol. The highest BCUT2D eigenvalue weighted by molar-refractivity contribution is 4.82. The Morgan fingerprint density at radius 2 is 1.63 bits per heavy atom. The maximum Gasteiger partial charge on any atom is 0.0589 e. The SMILES string of the molecule is CCC(CC)(CNC)CN(CCCOC)CCOC. The summed E-state index contributed by atoms with van der Waals surface area (Å²) >= 11 is 0. The summed E-state index contributed by atoms with van der Waals surface area (Å²) in [4.78, 5) is 2.52. The quantitative estimate of drug-likeness (QED) is 0.521. The van der Waals surface area contributed by atoms with Gasteiger partial charge in [0.25, 0.3) is 0 Å². The molecule has 0 aromatic rings. The Morgan fingerprint density at radius 3 is 2.11 bits per heavy atom. The topological polar surface area (TPSA) is 33.7 Å². The van der Waals surface area contributed by atoms with Crippen molar-refractivity contribution in [3.8, 4) is 0 Å². The molecule has 0 aromatic heterocycles. The third-order valence-electron chi connectivity index (χ3n) is 4.05. The molecule has 0 fully saturated rings. The third-order valence-corrected chi connectivity index (χ3v) is 4.05. The Bertz CT molecular complexity index is 197. The van der Waals surface area contributed by atoms with Crippen LogP contribution in [0.3, 0.4) is 0 Å². The largest absolute Gasteiger partial charge is 0.385 e. The van der Waals surface area contributed by atoms with Crippen molar-refractivity contribution >= 4 is 0 Å². The fraction of sp³-hybridized carbons (Fsp3) is 1.00. The van der Waals surface area contributed by atoms with Crippen LogP contribution in [0.1, 0.15) is 33.1 Å². The van der Waals surface area contributed by atoms with E-state index >= 15 is 0 Å². The van der Waals surface area contributed by atoms with Crippen molar-refractivity contribution in [2.45, 2.75) is 33.1 Å². The van der Waals surface area contributed by atoms with E-state index < -0.39 is 0 Å². The zero-order chi connectivity index (χ0) is 14.6. The van der Waals surface area contributed by atoms with Gasteiger partial charge in [-0.05, 0) is 31.7 Å². The molecule has 0 aliphatic heterocycles. The van der Waals surface area contributed by atoms with Crippen LogP contribution in [0.25, 0.3) is 0 Å². The first-order valence-electron chi connectivity index (χ1n) is 7.52. The van der Waals surface area contributed by atoms with Crippen molar-refractivity contribution in [2.75, 3.05) is 60.7 Å². The van der Waals surface area contributed by atoms with Crippen molar-refractivity contribution in [1.82, 2.24) is 10.2 Å². The first-order chi connectivity index (χ1) is 9.17. The summed E-state index contributed by atoms with van der Waals surface area (Å²) in [5, 5.41) is 3.36. The van der Waals surface area contributed by atoms with Crippen LogP contribution in [0, 0.1) is 5.41 Å². The highest BCUT2D eigenvalue weighted by atomic mass is 16.5. The van der Waals surface area contributed by atoms with E-state index in [1.165, 1.54) is 12.8 Å². The minimum Gasteiger partial charge on any atom is -0.385 e. The molecule has 0 rings (SSSR count). The Kier molecular flexibility index (Phi) is 11.6. The highest BCUT2D eigenvalue weighted by Gasteiger charge is 2.27. The summed E-state index contributed by atoms with van der Waals surface area (Å²) in [5.41, 5.74) is 0.371. The second kappa shape index (κ2) is 11.6. The van der Waals surface area contributed by atoms with Gasteiger partial charge in [-0.2, -0.15) is 0 Å². The number of nitrogens with one attached hydrogen (secondary N) is 1. The summed E-state index contributed by atoms with van der Waals surface area (Å²) in [6, 6.07) is 0. The number of methoxy groups -OCH3 is 2. The van der Waals surface area contributed by atoms with Crippen LogP contribution in [-0.4, -0.2) is 65.6 Å². The van der Waals surface area contributed by atoms with Crippen molar-refractivity contribution in [3.63, 3.8) is 0 Å². The molecule has 19 heavy (non-hydrogen) atoms. The Balaban J connectivity index is 4.45. The summed E-state index contributed by atoms with van der Waals surface area (Å²) in [6.45, 7) is 10.5. The average Bonchev–Trinajstić information content (AvgIpc) is 2.44. The molecule has 0 spiro atoms. The molecule has 4 heteroatoms. The minimum absolute atomic E-state index is 0.371. The molecule has 0 atom stereocenters. The lowest BCUT2D eigenvalue weighted by atomic mass is 9.81. The van der Waals surface area contributed by atoms with E-state index in [-0.39, 0.29) is 0 Å². The van der Waals surface area contributed by atoms with E-state index in [0.29, 0.717) is 5.41 Å². The zero-order valence-corrected chi connectivity index (χ0v) is 13.6. The predicted molar refractivity (Wildman–Crippen MR) is 81.8 cm³/mol. The van der Waals surface area contributed by atoms with Crippen LogP contribution in [-0.2, 0) is 9.47 Å².